The van der Waals surface area contributed by atoms with Gasteiger partial charge in [0, 0.05) is 5.56 Å². The first kappa shape index (κ1) is 21.1. The Labute approximate surface area is 153 Å². The third kappa shape index (κ3) is 4.75. The summed E-state index contributed by atoms with van der Waals surface area (Å²) in [5, 5.41) is 20.0. The third-order valence-electron chi connectivity index (χ3n) is 3.21. The largest absolute Gasteiger partial charge is 0.507 e. The summed E-state index contributed by atoms with van der Waals surface area (Å²) in [5.41, 5.74) is 0.807. The van der Waals surface area contributed by atoms with Crippen LogP contribution < -0.4 is 5.43 Å². The molecule has 2 aromatic carbocycles. The molecule has 0 aromatic heterocycles. The molecule has 0 spiro atoms. The Morgan fingerprint density at radius 3 is 2.04 bits per heavy atom. The number of hydrogen-bond acceptors (Lipinski definition) is 5. The van der Waals surface area contributed by atoms with Crippen molar-refractivity contribution in [3.63, 3.8) is 0 Å². The second kappa shape index (κ2) is 7.82. The predicted molar refractivity (Wildman–Crippen MR) is 85.4 cm³/mol. The minimum Gasteiger partial charge on any atom is -0.507 e. The lowest BCUT2D eigenvalue weighted by Gasteiger charge is -2.27. The van der Waals surface area contributed by atoms with Gasteiger partial charge in [-0.25, -0.2) is 5.43 Å². The molecule has 0 fully saturated rings. The molecule has 28 heavy (non-hydrogen) atoms. The highest BCUT2D eigenvalue weighted by molar-refractivity contribution is 5.84. The van der Waals surface area contributed by atoms with Crippen LogP contribution in [0.4, 0.5) is 42.1 Å². The normalized spacial score (nSPS) is 13.4. The van der Waals surface area contributed by atoms with Crippen LogP contribution in [-0.4, -0.2) is 29.5 Å². The smallest absolute Gasteiger partial charge is 0.462 e. The zero-order valence-corrected chi connectivity index (χ0v) is 13.6. The number of hydrazone groups is 1. The van der Waals surface area contributed by atoms with Gasteiger partial charge >= 0.3 is 18.1 Å². The van der Waals surface area contributed by atoms with E-state index in [9.17, 15) is 35.8 Å². The van der Waals surface area contributed by atoms with Crippen molar-refractivity contribution < 1.29 is 35.8 Å². The van der Waals surface area contributed by atoms with E-state index >= 15 is 0 Å². The molecule has 12 heteroatoms. The number of nitrogens with one attached hydrogen (secondary N) is 1. The highest BCUT2D eigenvalue weighted by Crippen LogP contribution is 2.45. The molecule has 0 amide bonds. The Hall–Kier alpha value is -3.18. The first-order valence-electron chi connectivity index (χ1n) is 7.36. The van der Waals surface area contributed by atoms with Crippen LogP contribution >= 0.6 is 0 Å². The summed E-state index contributed by atoms with van der Waals surface area (Å²) in [7, 11) is 0. The molecule has 0 saturated carbocycles. The summed E-state index contributed by atoms with van der Waals surface area (Å²) in [5.74, 6) is -6.86. The highest BCUT2D eigenvalue weighted by Gasteiger charge is 2.73. The zero-order valence-electron chi connectivity index (χ0n) is 13.6. The lowest BCUT2D eigenvalue weighted by Crippen LogP contribution is -2.58. The van der Waals surface area contributed by atoms with Crippen LogP contribution in [0.2, 0.25) is 0 Å². The van der Waals surface area contributed by atoms with Gasteiger partial charge in [0.25, 0.3) is 0 Å². The van der Waals surface area contributed by atoms with Crippen molar-refractivity contribution >= 4 is 17.6 Å². The molecule has 2 rings (SSSR count). The van der Waals surface area contributed by atoms with E-state index in [0.717, 1.165) is 12.1 Å². The van der Waals surface area contributed by atoms with Gasteiger partial charge in [-0.1, -0.05) is 18.2 Å². The number of aromatic hydroxyl groups is 1. The standard InChI is InChI=1S/C16H11F7N4O/c17-14(18,15(19,20)21)16(22,23)27-24-9-10-8-12(6-7-13(10)28)26-25-11-4-2-1-3-5-11/h1-9,27-28H/b24-9+,26-25?. The van der Waals surface area contributed by atoms with E-state index in [4.69, 9.17) is 0 Å². The maximum Gasteiger partial charge on any atom is 0.462 e. The summed E-state index contributed by atoms with van der Waals surface area (Å²) in [6.45, 7) is 0. The number of benzene rings is 2. The minimum atomic E-state index is -6.49. The SMILES string of the molecule is Oc1ccc(N=Nc2ccccc2)cc1/C=N/NC(F)(F)C(F)(F)C(F)(F)F. The molecule has 0 aliphatic rings. The van der Waals surface area contributed by atoms with Crippen molar-refractivity contribution in [3.8, 4) is 5.75 Å². The number of phenolic OH excluding ortho intramolecular Hbond substituents is 1. The van der Waals surface area contributed by atoms with E-state index in [1.807, 2.05) is 0 Å². The van der Waals surface area contributed by atoms with Crippen molar-refractivity contribution in [2.45, 2.75) is 18.1 Å². The summed E-state index contributed by atoms with van der Waals surface area (Å²) < 4.78 is 87.8. The molecule has 0 radical (unpaired) electrons. The quantitative estimate of drug-likeness (QED) is 0.217. The number of phenols is 1. The van der Waals surface area contributed by atoms with Crippen LogP contribution in [0, 0.1) is 0 Å². The van der Waals surface area contributed by atoms with Crippen LogP contribution in [-0.2, 0) is 0 Å². The molecule has 2 N–H and O–H groups in total. The highest BCUT2D eigenvalue weighted by atomic mass is 19.4. The van der Waals surface area contributed by atoms with Crippen molar-refractivity contribution in [3.05, 3.63) is 54.1 Å². The van der Waals surface area contributed by atoms with E-state index in [2.05, 4.69) is 15.3 Å². The van der Waals surface area contributed by atoms with Crippen molar-refractivity contribution in [2.24, 2.45) is 15.3 Å². The van der Waals surface area contributed by atoms with Crippen LogP contribution in [0.15, 0.2) is 63.9 Å². The molecule has 150 valence electrons. The predicted octanol–water partition coefficient (Wildman–Crippen LogP) is 5.52. The zero-order chi connectivity index (χ0) is 21.0. The van der Waals surface area contributed by atoms with Gasteiger partial charge in [0.2, 0.25) is 0 Å². The molecule has 0 bridgehead atoms. The van der Waals surface area contributed by atoms with Gasteiger partial charge in [-0.3, -0.25) is 0 Å². The lowest BCUT2D eigenvalue weighted by molar-refractivity contribution is -0.361. The second-order valence-electron chi connectivity index (χ2n) is 5.30. The number of rotatable bonds is 6. The van der Waals surface area contributed by atoms with Crippen molar-refractivity contribution in [1.29, 1.82) is 0 Å². The van der Waals surface area contributed by atoms with E-state index in [1.54, 1.807) is 30.3 Å². The monoisotopic (exact) mass is 408 g/mol. The fourth-order valence-corrected chi connectivity index (χ4v) is 1.75. The van der Waals surface area contributed by atoms with E-state index in [1.165, 1.54) is 6.07 Å². The average molecular weight is 408 g/mol. The Balaban J connectivity index is 2.16. The van der Waals surface area contributed by atoms with Gasteiger partial charge in [0.1, 0.15) is 5.75 Å². The molecule has 5 nitrogen and oxygen atoms in total. The van der Waals surface area contributed by atoms with Crippen LogP contribution in [0.5, 0.6) is 5.75 Å². The molecule has 0 aliphatic heterocycles. The second-order valence-corrected chi connectivity index (χ2v) is 5.30. The van der Waals surface area contributed by atoms with E-state index in [-0.39, 0.29) is 11.3 Å². The Kier molecular flexibility index (Phi) is 5.90. The molecular formula is C16H11F7N4O. The summed E-state index contributed by atoms with van der Waals surface area (Å²) >= 11 is 0. The third-order valence-corrected chi connectivity index (χ3v) is 3.21. The molecule has 0 aliphatic carbocycles. The fraction of sp³-hybridized carbons (Fsp3) is 0.188. The van der Waals surface area contributed by atoms with Crippen molar-refractivity contribution in [1.82, 2.24) is 5.43 Å². The van der Waals surface area contributed by atoms with Gasteiger partial charge in [-0.2, -0.15) is 46.1 Å². The maximum absolute atomic E-state index is 13.1. The Morgan fingerprint density at radius 1 is 0.821 bits per heavy atom. The summed E-state index contributed by atoms with van der Waals surface area (Å²) in [6.07, 6.45) is -6.05. The maximum atomic E-state index is 13.1. The number of hydrogen-bond donors (Lipinski definition) is 2. The number of halogens is 7. The molecule has 0 saturated heterocycles. The Bertz CT molecular complexity index is 867. The lowest BCUT2D eigenvalue weighted by atomic mass is 10.2. The van der Waals surface area contributed by atoms with E-state index in [0.29, 0.717) is 17.3 Å². The fourth-order valence-electron chi connectivity index (χ4n) is 1.75. The van der Waals surface area contributed by atoms with Crippen LogP contribution in [0.1, 0.15) is 5.56 Å². The molecule has 0 unspecified atom stereocenters. The van der Waals surface area contributed by atoms with Gasteiger partial charge in [-0.15, -0.1) is 0 Å². The van der Waals surface area contributed by atoms with Gasteiger partial charge in [0.15, 0.2) is 0 Å². The number of alkyl halides is 7. The van der Waals surface area contributed by atoms with Crippen molar-refractivity contribution in [2.75, 3.05) is 0 Å². The molecular weight excluding hydrogens is 397 g/mol. The van der Waals surface area contributed by atoms with Gasteiger partial charge in [-0.05, 0) is 30.3 Å². The molecule has 0 atom stereocenters. The Morgan fingerprint density at radius 2 is 1.43 bits per heavy atom. The first-order chi connectivity index (χ1) is 12.9. The molecule has 0 heterocycles. The van der Waals surface area contributed by atoms with Gasteiger partial charge in [0.05, 0.1) is 17.6 Å². The minimum absolute atomic E-state index is 0.135. The van der Waals surface area contributed by atoms with Crippen LogP contribution in [0.3, 0.4) is 0 Å². The summed E-state index contributed by atoms with van der Waals surface area (Å²) in [4.78, 5) is 0. The number of nitrogens with zero attached hydrogens (tertiary/aromatic N) is 3. The topological polar surface area (TPSA) is 69.3 Å². The summed E-state index contributed by atoms with van der Waals surface area (Å²) in [6, 6.07) is 6.21. The van der Waals surface area contributed by atoms with Crippen LogP contribution in [0.25, 0.3) is 0 Å². The van der Waals surface area contributed by atoms with Gasteiger partial charge < -0.3 is 5.11 Å². The molecule has 2 aromatic rings. The average Bonchev–Trinajstić information content (AvgIpc) is 2.62. The first-order valence-corrected chi connectivity index (χ1v) is 7.36. The number of azo groups is 1. The van der Waals surface area contributed by atoms with E-state index < -0.39 is 23.9 Å².